The fourth-order valence-corrected chi connectivity index (χ4v) is 2.49. The predicted octanol–water partition coefficient (Wildman–Crippen LogP) is 1.63. The third-order valence-electron chi connectivity index (χ3n) is 3.47. The molecular formula is C15H22N2O2. The van der Waals surface area contributed by atoms with E-state index in [1.54, 1.807) is 0 Å². The maximum Gasteiger partial charge on any atom is 0.258 e. The third kappa shape index (κ3) is 4.24. The monoisotopic (exact) mass is 262 g/mol. The van der Waals surface area contributed by atoms with Crippen LogP contribution >= 0.6 is 0 Å². The summed E-state index contributed by atoms with van der Waals surface area (Å²) in [5.41, 5.74) is 6.61. The molecule has 104 valence electrons. The Labute approximate surface area is 114 Å². The van der Waals surface area contributed by atoms with E-state index >= 15 is 0 Å². The molecule has 0 aliphatic heterocycles. The van der Waals surface area contributed by atoms with Gasteiger partial charge in [-0.15, -0.1) is 0 Å². The molecule has 0 bridgehead atoms. The zero-order valence-corrected chi connectivity index (χ0v) is 11.2. The van der Waals surface area contributed by atoms with Crippen LogP contribution in [0, 0.1) is 0 Å². The van der Waals surface area contributed by atoms with E-state index in [2.05, 4.69) is 5.32 Å². The van der Waals surface area contributed by atoms with Crippen molar-refractivity contribution in [1.29, 1.82) is 0 Å². The van der Waals surface area contributed by atoms with Crippen molar-refractivity contribution in [2.45, 2.75) is 38.1 Å². The van der Waals surface area contributed by atoms with Gasteiger partial charge >= 0.3 is 0 Å². The first-order chi connectivity index (χ1) is 9.29. The van der Waals surface area contributed by atoms with Gasteiger partial charge in [-0.05, 0) is 37.4 Å². The lowest BCUT2D eigenvalue weighted by atomic mass is 10.1. The molecular weight excluding hydrogens is 240 g/mol. The number of carbonyl (C=O) groups is 1. The molecule has 1 aliphatic carbocycles. The maximum absolute atomic E-state index is 11.8. The van der Waals surface area contributed by atoms with Crippen LogP contribution in [0.5, 0.6) is 5.75 Å². The minimum absolute atomic E-state index is 0.0329. The van der Waals surface area contributed by atoms with Crippen molar-refractivity contribution in [2.24, 2.45) is 5.73 Å². The number of nitrogens with one attached hydrogen (secondary N) is 1. The minimum atomic E-state index is -0.0329. The van der Waals surface area contributed by atoms with Crippen LogP contribution in [0.25, 0.3) is 0 Å². The van der Waals surface area contributed by atoms with Crippen LogP contribution in [0.2, 0.25) is 0 Å². The number of hydrogen-bond donors (Lipinski definition) is 2. The number of nitrogens with two attached hydrogens (primary N) is 1. The number of amides is 1. The molecule has 1 aliphatic rings. The number of benzene rings is 1. The minimum Gasteiger partial charge on any atom is -0.483 e. The molecule has 3 N–H and O–H groups in total. The van der Waals surface area contributed by atoms with Gasteiger partial charge < -0.3 is 15.8 Å². The third-order valence-corrected chi connectivity index (χ3v) is 3.47. The van der Waals surface area contributed by atoms with E-state index in [0.717, 1.165) is 30.6 Å². The summed E-state index contributed by atoms with van der Waals surface area (Å²) in [6, 6.07) is 8.07. The van der Waals surface area contributed by atoms with Crippen molar-refractivity contribution in [2.75, 3.05) is 13.2 Å². The van der Waals surface area contributed by atoms with Crippen molar-refractivity contribution >= 4 is 5.91 Å². The van der Waals surface area contributed by atoms with Crippen molar-refractivity contribution in [3.8, 4) is 5.75 Å². The summed E-state index contributed by atoms with van der Waals surface area (Å²) in [6.45, 7) is 0.659. The number of hydrogen-bond acceptors (Lipinski definition) is 3. The Morgan fingerprint density at radius 2 is 2.05 bits per heavy atom. The van der Waals surface area contributed by atoms with E-state index < -0.39 is 0 Å². The first kappa shape index (κ1) is 13.9. The Morgan fingerprint density at radius 3 is 2.79 bits per heavy atom. The molecule has 1 saturated carbocycles. The van der Waals surface area contributed by atoms with Crippen LogP contribution in [0.3, 0.4) is 0 Å². The predicted molar refractivity (Wildman–Crippen MR) is 75.1 cm³/mol. The van der Waals surface area contributed by atoms with Gasteiger partial charge in [-0.25, -0.2) is 0 Å². The molecule has 1 aromatic carbocycles. The van der Waals surface area contributed by atoms with Gasteiger partial charge in [-0.2, -0.15) is 0 Å². The summed E-state index contributed by atoms with van der Waals surface area (Å²) in [7, 11) is 0. The molecule has 0 unspecified atom stereocenters. The van der Waals surface area contributed by atoms with Gasteiger partial charge in [-0.3, -0.25) is 4.79 Å². The summed E-state index contributed by atoms with van der Waals surface area (Å²) < 4.78 is 5.59. The van der Waals surface area contributed by atoms with E-state index in [1.165, 1.54) is 12.8 Å². The topological polar surface area (TPSA) is 64.3 Å². The van der Waals surface area contributed by atoms with Crippen LogP contribution in [0.15, 0.2) is 24.3 Å². The lowest BCUT2D eigenvalue weighted by Crippen LogP contribution is -2.36. The summed E-state index contributed by atoms with van der Waals surface area (Å²) in [5, 5.41) is 3.01. The molecule has 0 spiro atoms. The lowest BCUT2D eigenvalue weighted by Gasteiger charge is -2.14. The molecule has 0 atom stereocenters. The molecule has 1 fully saturated rings. The first-order valence-electron chi connectivity index (χ1n) is 6.99. The van der Waals surface area contributed by atoms with Crippen molar-refractivity contribution in [3.63, 3.8) is 0 Å². The first-order valence-corrected chi connectivity index (χ1v) is 6.99. The number of carbonyl (C=O) groups excluding carboxylic acids is 1. The van der Waals surface area contributed by atoms with Crippen LogP contribution in [0.4, 0.5) is 0 Å². The Kier molecular flexibility index (Phi) is 5.21. The van der Waals surface area contributed by atoms with E-state index in [0.29, 0.717) is 12.6 Å². The molecule has 0 heterocycles. The Bertz CT molecular complexity index is 414. The van der Waals surface area contributed by atoms with Crippen LogP contribution < -0.4 is 15.8 Å². The highest BCUT2D eigenvalue weighted by atomic mass is 16.5. The number of ether oxygens (including phenoxy) is 1. The molecule has 0 saturated heterocycles. The zero-order valence-electron chi connectivity index (χ0n) is 11.2. The fraction of sp³-hybridized carbons (Fsp3) is 0.533. The van der Waals surface area contributed by atoms with Gasteiger partial charge in [0.1, 0.15) is 5.75 Å². The fourth-order valence-electron chi connectivity index (χ4n) is 2.49. The van der Waals surface area contributed by atoms with Crippen molar-refractivity contribution in [1.82, 2.24) is 5.32 Å². The van der Waals surface area contributed by atoms with Gasteiger partial charge in [0.2, 0.25) is 0 Å². The summed E-state index contributed by atoms with van der Waals surface area (Å²) in [5.74, 6) is 0.726. The van der Waals surface area contributed by atoms with E-state index in [9.17, 15) is 4.79 Å². The molecule has 4 heteroatoms. The molecule has 4 nitrogen and oxygen atoms in total. The Morgan fingerprint density at radius 1 is 1.32 bits per heavy atom. The zero-order chi connectivity index (χ0) is 13.5. The van der Waals surface area contributed by atoms with Crippen molar-refractivity contribution < 1.29 is 9.53 Å². The van der Waals surface area contributed by atoms with Gasteiger partial charge in [0, 0.05) is 6.04 Å². The average molecular weight is 262 g/mol. The second-order valence-corrected chi connectivity index (χ2v) is 4.98. The molecule has 0 radical (unpaired) electrons. The van der Waals surface area contributed by atoms with Gasteiger partial charge in [0.05, 0.1) is 0 Å². The highest BCUT2D eigenvalue weighted by molar-refractivity contribution is 5.77. The molecule has 2 rings (SSSR count). The van der Waals surface area contributed by atoms with E-state index in [-0.39, 0.29) is 12.5 Å². The molecule has 1 amide bonds. The van der Waals surface area contributed by atoms with E-state index in [1.807, 2.05) is 24.3 Å². The second-order valence-electron chi connectivity index (χ2n) is 4.98. The highest BCUT2D eigenvalue weighted by Crippen LogP contribution is 2.19. The summed E-state index contributed by atoms with van der Waals surface area (Å²) in [6.07, 6.45) is 5.38. The van der Waals surface area contributed by atoms with Gasteiger partial charge in [0.15, 0.2) is 6.61 Å². The van der Waals surface area contributed by atoms with Crippen molar-refractivity contribution in [3.05, 3.63) is 29.8 Å². The van der Waals surface area contributed by atoms with Crippen LogP contribution in [-0.2, 0) is 11.2 Å². The average Bonchev–Trinajstić information content (AvgIpc) is 2.91. The second kappa shape index (κ2) is 7.14. The molecule has 0 aromatic heterocycles. The van der Waals surface area contributed by atoms with Gasteiger partial charge in [0.25, 0.3) is 5.91 Å². The highest BCUT2D eigenvalue weighted by Gasteiger charge is 2.17. The normalized spacial score (nSPS) is 15.4. The van der Waals surface area contributed by atoms with Crippen LogP contribution in [-0.4, -0.2) is 25.1 Å². The smallest absolute Gasteiger partial charge is 0.258 e. The number of rotatable bonds is 6. The number of para-hydroxylation sites is 1. The standard InChI is InChI=1S/C15H22N2O2/c16-10-9-12-5-1-4-8-14(12)19-11-15(18)17-13-6-2-3-7-13/h1,4-5,8,13H,2-3,6-7,9-11,16H2,(H,17,18). The van der Waals surface area contributed by atoms with Crippen LogP contribution in [0.1, 0.15) is 31.2 Å². The largest absolute Gasteiger partial charge is 0.483 e. The lowest BCUT2D eigenvalue weighted by molar-refractivity contribution is -0.123. The van der Waals surface area contributed by atoms with Gasteiger partial charge in [-0.1, -0.05) is 31.0 Å². The maximum atomic E-state index is 11.8. The molecule has 1 aromatic rings. The Balaban J connectivity index is 1.82. The molecule has 19 heavy (non-hydrogen) atoms. The quantitative estimate of drug-likeness (QED) is 0.819. The SMILES string of the molecule is NCCc1ccccc1OCC(=O)NC1CCCC1. The summed E-state index contributed by atoms with van der Waals surface area (Å²) in [4.78, 5) is 11.8. The van der Waals surface area contributed by atoms with E-state index in [4.69, 9.17) is 10.5 Å². The Hall–Kier alpha value is -1.55. The summed E-state index contributed by atoms with van der Waals surface area (Å²) >= 11 is 0.